The van der Waals surface area contributed by atoms with E-state index in [0.29, 0.717) is 11.5 Å². The second kappa shape index (κ2) is 6.77. The molecule has 2 rings (SSSR count). The van der Waals surface area contributed by atoms with E-state index in [-0.39, 0.29) is 16.5 Å². The fraction of sp³-hybridized carbons (Fsp3) is 0.250. The van der Waals surface area contributed by atoms with Crippen molar-refractivity contribution in [1.29, 1.82) is 0 Å². The number of sulfonamides is 1. The zero-order valence-electron chi connectivity index (χ0n) is 12.3. The van der Waals surface area contributed by atoms with Crippen molar-refractivity contribution in [3.05, 3.63) is 64.4 Å². The maximum atomic E-state index is 13.1. The van der Waals surface area contributed by atoms with Gasteiger partial charge in [0.25, 0.3) is 0 Å². The quantitative estimate of drug-likeness (QED) is 0.890. The van der Waals surface area contributed by atoms with Gasteiger partial charge in [-0.3, -0.25) is 0 Å². The summed E-state index contributed by atoms with van der Waals surface area (Å²) >= 11 is 5.68. The van der Waals surface area contributed by atoms with Gasteiger partial charge in [-0.1, -0.05) is 43.6 Å². The van der Waals surface area contributed by atoms with Crippen LogP contribution in [-0.4, -0.2) is 8.42 Å². The molecule has 0 spiro atoms. The Labute approximate surface area is 135 Å². The molecule has 2 aromatic carbocycles. The molecule has 0 amide bonds. The van der Waals surface area contributed by atoms with Crippen LogP contribution in [0.15, 0.2) is 47.4 Å². The molecule has 3 nitrogen and oxygen atoms in total. The van der Waals surface area contributed by atoms with Crippen molar-refractivity contribution in [2.75, 3.05) is 0 Å². The van der Waals surface area contributed by atoms with Gasteiger partial charge in [-0.2, -0.15) is 0 Å². The molecule has 0 heterocycles. The third kappa shape index (κ3) is 4.06. The molecule has 0 radical (unpaired) electrons. The first-order valence-corrected chi connectivity index (χ1v) is 8.69. The van der Waals surface area contributed by atoms with Crippen LogP contribution in [0, 0.1) is 5.82 Å². The van der Waals surface area contributed by atoms with Crippen LogP contribution in [0.1, 0.15) is 30.9 Å². The third-order valence-electron chi connectivity index (χ3n) is 3.31. The number of nitrogens with one attached hydrogen (secondary N) is 1. The van der Waals surface area contributed by atoms with Crippen LogP contribution in [0.25, 0.3) is 0 Å². The molecule has 0 fully saturated rings. The highest BCUT2D eigenvalue weighted by molar-refractivity contribution is 7.89. The van der Waals surface area contributed by atoms with Gasteiger partial charge in [-0.15, -0.1) is 0 Å². The summed E-state index contributed by atoms with van der Waals surface area (Å²) in [5.74, 6) is -0.191. The van der Waals surface area contributed by atoms with Crippen LogP contribution in [0.4, 0.5) is 4.39 Å². The van der Waals surface area contributed by atoms with Crippen molar-refractivity contribution < 1.29 is 12.8 Å². The summed E-state index contributed by atoms with van der Waals surface area (Å²) in [5.41, 5.74) is 1.66. The van der Waals surface area contributed by atoms with Crippen molar-refractivity contribution in [3.8, 4) is 0 Å². The average molecular weight is 342 g/mol. The smallest absolute Gasteiger partial charge is 0.207 e. The van der Waals surface area contributed by atoms with Crippen LogP contribution in [0.2, 0.25) is 5.02 Å². The predicted molar refractivity (Wildman–Crippen MR) is 86.0 cm³/mol. The molecule has 0 atom stereocenters. The maximum absolute atomic E-state index is 13.1. The first-order valence-electron chi connectivity index (χ1n) is 6.83. The molecule has 1 N–H and O–H groups in total. The molecule has 0 saturated carbocycles. The first-order chi connectivity index (χ1) is 10.3. The van der Waals surface area contributed by atoms with E-state index in [0.717, 1.165) is 5.56 Å². The molecule has 0 bridgehead atoms. The van der Waals surface area contributed by atoms with Crippen LogP contribution in [-0.2, 0) is 16.6 Å². The maximum Gasteiger partial charge on any atom is 0.240 e. The van der Waals surface area contributed by atoms with Gasteiger partial charge < -0.3 is 0 Å². The topological polar surface area (TPSA) is 46.2 Å². The van der Waals surface area contributed by atoms with Crippen LogP contribution in [0.3, 0.4) is 0 Å². The summed E-state index contributed by atoms with van der Waals surface area (Å²) in [5, 5.41) is -0.0296. The van der Waals surface area contributed by atoms with Gasteiger partial charge >= 0.3 is 0 Å². The molecule has 0 aliphatic carbocycles. The standard InChI is InChI=1S/C16H17ClFNO2S/c1-11(2)13-4-6-14(7-5-13)22(20,21)19-10-12-3-8-16(18)15(17)9-12/h3-9,11,19H,10H2,1-2H3. The number of rotatable bonds is 5. The minimum absolute atomic E-state index is 0.0296. The number of halogens is 2. The van der Waals surface area contributed by atoms with Crippen LogP contribution < -0.4 is 4.72 Å². The van der Waals surface area contributed by atoms with Crippen LogP contribution >= 0.6 is 11.6 Å². The zero-order chi connectivity index (χ0) is 16.3. The van der Waals surface area contributed by atoms with E-state index in [1.54, 1.807) is 24.3 Å². The second-order valence-corrected chi connectivity index (χ2v) is 7.47. The SMILES string of the molecule is CC(C)c1ccc(S(=O)(=O)NCc2ccc(F)c(Cl)c2)cc1. The molecule has 0 saturated heterocycles. The average Bonchev–Trinajstić information content (AvgIpc) is 2.48. The van der Waals surface area contributed by atoms with E-state index >= 15 is 0 Å². The van der Waals surface area contributed by atoms with Gasteiger partial charge in [0.05, 0.1) is 9.92 Å². The Kier molecular flexibility index (Phi) is 5.21. The Bertz CT molecular complexity index is 758. The Morgan fingerprint density at radius 2 is 1.77 bits per heavy atom. The third-order valence-corrected chi connectivity index (χ3v) is 5.01. The summed E-state index contributed by atoms with van der Waals surface area (Å²) in [4.78, 5) is 0.199. The number of hydrogen-bond donors (Lipinski definition) is 1. The normalized spacial score (nSPS) is 11.9. The van der Waals surface area contributed by atoms with Gasteiger partial charge in [-0.05, 0) is 41.3 Å². The molecule has 2 aromatic rings. The van der Waals surface area contributed by atoms with Crippen molar-refractivity contribution >= 4 is 21.6 Å². The second-order valence-electron chi connectivity index (χ2n) is 5.30. The van der Waals surface area contributed by atoms with Crippen molar-refractivity contribution in [2.45, 2.75) is 31.2 Å². The molecule has 6 heteroatoms. The minimum atomic E-state index is -3.61. The predicted octanol–water partition coefficient (Wildman–Crippen LogP) is 4.08. The highest BCUT2D eigenvalue weighted by Gasteiger charge is 2.14. The Hall–Kier alpha value is -1.43. The van der Waals surface area contributed by atoms with E-state index in [9.17, 15) is 12.8 Å². The van der Waals surface area contributed by atoms with Gasteiger partial charge in [0.15, 0.2) is 0 Å². The Morgan fingerprint density at radius 1 is 1.14 bits per heavy atom. The van der Waals surface area contributed by atoms with E-state index in [4.69, 9.17) is 11.6 Å². The van der Waals surface area contributed by atoms with E-state index in [1.165, 1.54) is 18.2 Å². The summed E-state index contributed by atoms with van der Waals surface area (Å²) in [6.45, 7) is 4.13. The summed E-state index contributed by atoms with van der Waals surface area (Å²) in [6.07, 6.45) is 0. The molecular weight excluding hydrogens is 325 g/mol. The first kappa shape index (κ1) is 16.9. The fourth-order valence-electron chi connectivity index (χ4n) is 1.94. The molecule has 0 aromatic heterocycles. The minimum Gasteiger partial charge on any atom is -0.207 e. The highest BCUT2D eigenvalue weighted by Crippen LogP contribution is 2.19. The Morgan fingerprint density at radius 3 is 2.32 bits per heavy atom. The number of benzene rings is 2. The van der Waals surface area contributed by atoms with E-state index in [2.05, 4.69) is 4.72 Å². The van der Waals surface area contributed by atoms with Gasteiger partial charge in [-0.25, -0.2) is 17.5 Å². The zero-order valence-corrected chi connectivity index (χ0v) is 13.9. The Balaban J connectivity index is 2.12. The lowest BCUT2D eigenvalue weighted by atomic mass is 10.0. The monoisotopic (exact) mass is 341 g/mol. The van der Waals surface area contributed by atoms with Crippen molar-refractivity contribution in [1.82, 2.24) is 4.72 Å². The highest BCUT2D eigenvalue weighted by atomic mass is 35.5. The lowest BCUT2D eigenvalue weighted by Gasteiger charge is -2.09. The molecule has 22 heavy (non-hydrogen) atoms. The molecule has 0 aliphatic heterocycles. The summed E-state index contributed by atoms with van der Waals surface area (Å²) in [6, 6.07) is 10.9. The molecule has 118 valence electrons. The van der Waals surface area contributed by atoms with Gasteiger partial charge in [0.2, 0.25) is 10.0 Å². The largest absolute Gasteiger partial charge is 0.240 e. The summed E-state index contributed by atoms with van der Waals surface area (Å²) in [7, 11) is -3.61. The van der Waals surface area contributed by atoms with Gasteiger partial charge in [0, 0.05) is 6.54 Å². The van der Waals surface area contributed by atoms with Crippen LogP contribution in [0.5, 0.6) is 0 Å². The van der Waals surface area contributed by atoms with Crippen molar-refractivity contribution in [2.24, 2.45) is 0 Å². The molecular formula is C16H17ClFNO2S. The van der Waals surface area contributed by atoms with Gasteiger partial charge in [0.1, 0.15) is 5.82 Å². The molecule has 0 aliphatic rings. The summed E-state index contributed by atoms with van der Waals surface area (Å²) < 4.78 is 40.0. The van der Waals surface area contributed by atoms with E-state index < -0.39 is 15.8 Å². The molecule has 0 unspecified atom stereocenters. The number of hydrogen-bond acceptors (Lipinski definition) is 2. The fourth-order valence-corrected chi connectivity index (χ4v) is 3.16. The van der Waals surface area contributed by atoms with Crippen molar-refractivity contribution in [3.63, 3.8) is 0 Å². The lowest BCUT2D eigenvalue weighted by Crippen LogP contribution is -2.23. The lowest BCUT2D eigenvalue weighted by molar-refractivity contribution is 0.581. The van der Waals surface area contributed by atoms with E-state index in [1.807, 2.05) is 13.8 Å².